The molecule has 1 atom stereocenters. The van der Waals surface area contributed by atoms with Crippen molar-refractivity contribution in [1.82, 2.24) is 15.0 Å². The number of amides is 1. The van der Waals surface area contributed by atoms with Gasteiger partial charge in [0.1, 0.15) is 12.4 Å². The summed E-state index contributed by atoms with van der Waals surface area (Å²) in [6.07, 6.45) is 1.79. The van der Waals surface area contributed by atoms with Crippen LogP contribution in [0.25, 0.3) is 0 Å². The van der Waals surface area contributed by atoms with Crippen LogP contribution in [0.1, 0.15) is 30.1 Å². The van der Waals surface area contributed by atoms with Crippen molar-refractivity contribution in [2.45, 2.75) is 39.4 Å². The first-order valence-electron chi connectivity index (χ1n) is 8.48. The smallest absolute Gasteiger partial charge is 0.260 e. The van der Waals surface area contributed by atoms with Crippen LogP contribution in [0.4, 0.5) is 0 Å². The Bertz CT molecular complexity index is 716. The Morgan fingerprint density at radius 2 is 2.28 bits per heavy atom. The first kappa shape index (κ1) is 17.4. The van der Waals surface area contributed by atoms with E-state index in [-0.39, 0.29) is 25.2 Å². The van der Waals surface area contributed by atoms with Crippen LogP contribution in [0.15, 0.2) is 28.8 Å². The SMILES string of the molecule is Cc1cccc(OCC(=O)N2CCC[C@@H](OCc3nc(C)no3)C2)c1. The molecule has 134 valence electrons. The van der Waals surface area contributed by atoms with Crippen molar-refractivity contribution in [3.05, 3.63) is 41.5 Å². The quantitative estimate of drug-likeness (QED) is 0.799. The molecule has 0 spiro atoms. The lowest BCUT2D eigenvalue weighted by atomic mass is 10.1. The lowest BCUT2D eigenvalue weighted by molar-refractivity contribution is -0.138. The predicted molar refractivity (Wildman–Crippen MR) is 90.1 cm³/mol. The van der Waals surface area contributed by atoms with E-state index in [9.17, 15) is 4.79 Å². The second kappa shape index (κ2) is 8.11. The Morgan fingerprint density at radius 3 is 3.04 bits per heavy atom. The van der Waals surface area contributed by atoms with Crippen LogP contribution in [0.3, 0.4) is 0 Å². The maximum atomic E-state index is 12.4. The number of likely N-dealkylation sites (tertiary alicyclic amines) is 1. The Morgan fingerprint density at radius 1 is 1.40 bits per heavy atom. The lowest BCUT2D eigenvalue weighted by Gasteiger charge is -2.32. The number of aryl methyl sites for hydroxylation is 2. The number of carbonyl (C=O) groups is 1. The van der Waals surface area contributed by atoms with Gasteiger partial charge in [-0.05, 0) is 44.4 Å². The van der Waals surface area contributed by atoms with Crippen LogP contribution in [-0.4, -0.2) is 46.7 Å². The first-order valence-corrected chi connectivity index (χ1v) is 8.48. The fourth-order valence-corrected chi connectivity index (χ4v) is 2.83. The molecule has 2 aromatic rings. The molecule has 1 aromatic heterocycles. The molecule has 1 amide bonds. The Hall–Kier alpha value is -2.41. The minimum absolute atomic E-state index is 0.0242. The van der Waals surface area contributed by atoms with Crippen molar-refractivity contribution in [3.8, 4) is 5.75 Å². The largest absolute Gasteiger partial charge is 0.484 e. The normalized spacial score (nSPS) is 17.5. The van der Waals surface area contributed by atoms with Gasteiger partial charge in [0.15, 0.2) is 12.4 Å². The fraction of sp³-hybridized carbons (Fsp3) is 0.500. The van der Waals surface area contributed by atoms with Gasteiger partial charge in [0.2, 0.25) is 0 Å². The van der Waals surface area contributed by atoms with Crippen LogP contribution >= 0.6 is 0 Å². The van der Waals surface area contributed by atoms with Gasteiger partial charge in [-0.15, -0.1) is 0 Å². The maximum Gasteiger partial charge on any atom is 0.260 e. The zero-order chi connectivity index (χ0) is 17.6. The Kier molecular flexibility index (Phi) is 5.65. The van der Waals surface area contributed by atoms with Gasteiger partial charge in [0, 0.05) is 13.1 Å². The molecule has 1 saturated heterocycles. The molecule has 0 radical (unpaired) electrons. The molecule has 25 heavy (non-hydrogen) atoms. The molecule has 0 bridgehead atoms. The van der Waals surface area contributed by atoms with Crippen molar-refractivity contribution in [3.63, 3.8) is 0 Å². The number of hydrogen-bond donors (Lipinski definition) is 0. The fourth-order valence-electron chi connectivity index (χ4n) is 2.83. The number of hydrogen-bond acceptors (Lipinski definition) is 6. The summed E-state index contributed by atoms with van der Waals surface area (Å²) >= 11 is 0. The third-order valence-electron chi connectivity index (χ3n) is 4.09. The number of rotatable bonds is 6. The number of ether oxygens (including phenoxy) is 2. The minimum atomic E-state index is -0.0246. The summed E-state index contributed by atoms with van der Waals surface area (Å²) < 4.78 is 16.5. The van der Waals surface area contributed by atoms with Gasteiger partial charge in [-0.3, -0.25) is 4.79 Å². The Labute approximate surface area is 146 Å². The van der Waals surface area contributed by atoms with Gasteiger partial charge < -0.3 is 18.9 Å². The molecule has 1 aliphatic rings. The second-order valence-electron chi connectivity index (χ2n) is 6.26. The molecular weight excluding hydrogens is 322 g/mol. The summed E-state index contributed by atoms with van der Waals surface area (Å²) in [5, 5.41) is 3.74. The zero-order valence-electron chi connectivity index (χ0n) is 14.6. The molecule has 0 unspecified atom stereocenters. The van der Waals surface area contributed by atoms with Gasteiger partial charge in [0.05, 0.1) is 6.10 Å². The van der Waals surface area contributed by atoms with E-state index in [1.54, 1.807) is 11.8 Å². The Balaban J connectivity index is 1.46. The summed E-state index contributed by atoms with van der Waals surface area (Å²) in [6, 6.07) is 7.68. The van der Waals surface area contributed by atoms with Crippen LogP contribution < -0.4 is 4.74 Å². The van der Waals surface area contributed by atoms with Crippen LogP contribution in [0.2, 0.25) is 0 Å². The predicted octanol–water partition coefficient (Wildman–Crippen LogP) is 2.27. The average Bonchev–Trinajstić information content (AvgIpc) is 3.03. The lowest BCUT2D eigenvalue weighted by Crippen LogP contribution is -2.45. The van der Waals surface area contributed by atoms with E-state index in [4.69, 9.17) is 14.0 Å². The highest BCUT2D eigenvalue weighted by molar-refractivity contribution is 5.77. The van der Waals surface area contributed by atoms with E-state index in [1.807, 2.05) is 31.2 Å². The number of carbonyl (C=O) groups excluding carboxylic acids is 1. The molecule has 1 aliphatic heterocycles. The number of aromatic nitrogens is 2. The van der Waals surface area contributed by atoms with Crippen molar-refractivity contribution >= 4 is 5.91 Å². The van der Waals surface area contributed by atoms with Gasteiger partial charge in [-0.1, -0.05) is 17.3 Å². The van der Waals surface area contributed by atoms with E-state index in [0.29, 0.717) is 24.0 Å². The topological polar surface area (TPSA) is 77.7 Å². The second-order valence-corrected chi connectivity index (χ2v) is 6.26. The maximum absolute atomic E-state index is 12.4. The highest BCUT2D eigenvalue weighted by Gasteiger charge is 2.25. The molecule has 0 N–H and O–H groups in total. The summed E-state index contributed by atoms with van der Waals surface area (Å²) in [7, 11) is 0. The van der Waals surface area contributed by atoms with Crippen molar-refractivity contribution in [2.75, 3.05) is 19.7 Å². The van der Waals surface area contributed by atoms with E-state index in [0.717, 1.165) is 24.9 Å². The molecule has 0 aliphatic carbocycles. The monoisotopic (exact) mass is 345 g/mol. The minimum Gasteiger partial charge on any atom is -0.484 e. The van der Waals surface area contributed by atoms with Gasteiger partial charge >= 0.3 is 0 Å². The molecule has 7 nitrogen and oxygen atoms in total. The van der Waals surface area contributed by atoms with Gasteiger partial charge in [-0.25, -0.2) is 0 Å². The number of nitrogens with zero attached hydrogens (tertiary/aromatic N) is 3. The highest BCUT2D eigenvalue weighted by atomic mass is 16.5. The highest BCUT2D eigenvalue weighted by Crippen LogP contribution is 2.16. The molecule has 2 heterocycles. The summed E-state index contributed by atoms with van der Waals surface area (Å²) in [5.41, 5.74) is 1.10. The zero-order valence-corrected chi connectivity index (χ0v) is 14.6. The molecule has 1 fully saturated rings. The first-order chi connectivity index (χ1) is 12.1. The van der Waals surface area contributed by atoms with E-state index in [1.165, 1.54) is 0 Å². The average molecular weight is 345 g/mol. The number of piperidine rings is 1. The molecule has 3 rings (SSSR count). The molecule has 7 heteroatoms. The molecular formula is C18H23N3O4. The summed E-state index contributed by atoms with van der Waals surface area (Å²) in [4.78, 5) is 18.3. The van der Waals surface area contributed by atoms with Crippen LogP contribution in [0, 0.1) is 13.8 Å². The van der Waals surface area contributed by atoms with Crippen molar-refractivity contribution < 1.29 is 18.8 Å². The summed E-state index contributed by atoms with van der Waals surface area (Å²) in [5.74, 6) is 1.74. The number of benzene rings is 1. The van der Waals surface area contributed by atoms with Gasteiger partial charge in [-0.2, -0.15) is 4.98 Å². The third-order valence-corrected chi connectivity index (χ3v) is 4.09. The van der Waals surface area contributed by atoms with E-state index < -0.39 is 0 Å². The van der Waals surface area contributed by atoms with Gasteiger partial charge in [0.25, 0.3) is 11.8 Å². The van der Waals surface area contributed by atoms with Crippen molar-refractivity contribution in [1.29, 1.82) is 0 Å². The van der Waals surface area contributed by atoms with E-state index >= 15 is 0 Å². The molecule has 0 saturated carbocycles. The molecule has 1 aromatic carbocycles. The third kappa shape index (κ3) is 5.03. The standard InChI is InChI=1S/C18H23N3O4/c1-13-5-3-6-15(9-13)24-12-18(22)21-8-4-7-16(10-21)23-11-17-19-14(2)20-25-17/h3,5-6,9,16H,4,7-8,10-12H2,1-2H3/t16-/m1/s1. The van der Waals surface area contributed by atoms with E-state index in [2.05, 4.69) is 10.1 Å². The van der Waals surface area contributed by atoms with Crippen molar-refractivity contribution in [2.24, 2.45) is 0 Å². The van der Waals surface area contributed by atoms with Crippen LogP contribution in [0.5, 0.6) is 5.75 Å². The van der Waals surface area contributed by atoms with Crippen LogP contribution in [-0.2, 0) is 16.1 Å². The summed E-state index contributed by atoms with van der Waals surface area (Å²) in [6.45, 7) is 5.36.